The van der Waals surface area contributed by atoms with Gasteiger partial charge in [0.15, 0.2) is 0 Å². The van der Waals surface area contributed by atoms with Crippen molar-refractivity contribution in [1.29, 1.82) is 0 Å². The van der Waals surface area contributed by atoms with Gasteiger partial charge in [-0.05, 0) is 32.0 Å². The van der Waals surface area contributed by atoms with Crippen LogP contribution in [0.3, 0.4) is 0 Å². The van der Waals surface area contributed by atoms with E-state index in [9.17, 15) is 9.18 Å². The number of halogens is 1. The number of rotatable bonds is 1. The molecule has 1 amide bonds. The fourth-order valence-corrected chi connectivity index (χ4v) is 2.22. The first-order chi connectivity index (χ1) is 8.47. The Morgan fingerprint density at radius 1 is 1.39 bits per heavy atom. The maximum Gasteiger partial charge on any atom is 0.257 e. The molecule has 2 unspecified atom stereocenters. The summed E-state index contributed by atoms with van der Waals surface area (Å²) in [5.74, 6) is -0.888. The van der Waals surface area contributed by atoms with Crippen LogP contribution in [0.25, 0.3) is 0 Å². The number of anilines is 1. The minimum absolute atomic E-state index is 0.0328. The van der Waals surface area contributed by atoms with Crippen LogP contribution in [-0.4, -0.2) is 36.1 Å². The van der Waals surface area contributed by atoms with Gasteiger partial charge in [0.05, 0.1) is 17.8 Å². The van der Waals surface area contributed by atoms with Crippen molar-refractivity contribution in [1.82, 2.24) is 4.90 Å². The van der Waals surface area contributed by atoms with E-state index in [-0.39, 0.29) is 23.7 Å². The summed E-state index contributed by atoms with van der Waals surface area (Å²) in [4.78, 5) is 13.8. The number of hydrogen-bond acceptors (Lipinski definition) is 3. The lowest BCUT2D eigenvalue weighted by molar-refractivity contribution is -0.0587. The molecule has 0 bridgehead atoms. The summed E-state index contributed by atoms with van der Waals surface area (Å²) in [6.07, 6.45) is -0.0657. The zero-order chi connectivity index (χ0) is 13.3. The average Bonchev–Trinajstić information content (AvgIpc) is 2.26. The van der Waals surface area contributed by atoms with Crippen molar-refractivity contribution in [2.75, 3.05) is 18.8 Å². The van der Waals surface area contributed by atoms with Gasteiger partial charge in [0.1, 0.15) is 5.82 Å². The predicted molar refractivity (Wildman–Crippen MR) is 66.7 cm³/mol. The lowest BCUT2D eigenvalue weighted by atomic mass is 10.1. The Kier molecular flexibility index (Phi) is 3.52. The molecule has 1 aromatic rings. The maximum absolute atomic E-state index is 13.7. The molecule has 1 aliphatic heterocycles. The van der Waals surface area contributed by atoms with Crippen LogP contribution in [0, 0.1) is 5.82 Å². The van der Waals surface area contributed by atoms with E-state index >= 15 is 0 Å². The number of carbonyl (C=O) groups excluding carboxylic acids is 1. The average molecular weight is 252 g/mol. The Hall–Kier alpha value is -1.62. The molecule has 0 aromatic heterocycles. The van der Waals surface area contributed by atoms with Gasteiger partial charge in [-0.15, -0.1) is 0 Å². The molecule has 4 nitrogen and oxygen atoms in total. The Labute approximate surface area is 106 Å². The predicted octanol–water partition coefficient (Wildman–Crippen LogP) is 1.66. The number of nitrogen functional groups attached to an aromatic ring is 1. The Bertz CT molecular complexity index is 454. The third kappa shape index (κ3) is 2.61. The second kappa shape index (κ2) is 4.94. The number of ether oxygens (including phenoxy) is 1. The standard InChI is InChI=1S/C13H17FN2O2/c1-8-6-16(7-9(2)18-8)13(17)11-4-3-10(15)5-12(11)14/h3-5,8-9H,6-7,15H2,1-2H3. The summed E-state index contributed by atoms with van der Waals surface area (Å²) in [6, 6.07) is 4.13. The molecule has 2 N–H and O–H groups in total. The summed E-state index contributed by atoms with van der Waals surface area (Å²) >= 11 is 0. The van der Waals surface area contributed by atoms with E-state index in [2.05, 4.69) is 0 Å². The van der Waals surface area contributed by atoms with E-state index in [1.165, 1.54) is 18.2 Å². The first-order valence-corrected chi connectivity index (χ1v) is 5.97. The smallest absolute Gasteiger partial charge is 0.257 e. The third-order valence-electron chi connectivity index (χ3n) is 2.93. The summed E-state index contributed by atoms with van der Waals surface area (Å²) in [5, 5.41) is 0. The number of nitrogens with zero attached hydrogens (tertiary/aromatic N) is 1. The van der Waals surface area contributed by atoms with Crippen LogP contribution in [0.1, 0.15) is 24.2 Å². The van der Waals surface area contributed by atoms with Crippen LogP contribution in [-0.2, 0) is 4.74 Å². The van der Waals surface area contributed by atoms with E-state index in [1.807, 2.05) is 13.8 Å². The summed E-state index contributed by atoms with van der Waals surface area (Å²) in [6.45, 7) is 4.75. The Morgan fingerprint density at radius 2 is 2.00 bits per heavy atom. The molecule has 1 fully saturated rings. The molecule has 0 aliphatic carbocycles. The normalized spacial score (nSPS) is 24.1. The highest BCUT2D eigenvalue weighted by Crippen LogP contribution is 2.18. The Balaban J connectivity index is 2.20. The number of morpholine rings is 1. The fourth-order valence-electron chi connectivity index (χ4n) is 2.22. The van der Waals surface area contributed by atoms with Gasteiger partial charge >= 0.3 is 0 Å². The quantitative estimate of drug-likeness (QED) is 0.773. The monoisotopic (exact) mass is 252 g/mol. The molecule has 1 heterocycles. The summed E-state index contributed by atoms with van der Waals surface area (Å²) in [7, 11) is 0. The first kappa shape index (κ1) is 12.8. The molecule has 1 aliphatic rings. The molecular formula is C13H17FN2O2. The van der Waals surface area contributed by atoms with Crippen molar-refractivity contribution in [3.8, 4) is 0 Å². The van der Waals surface area contributed by atoms with Crippen molar-refractivity contribution >= 4 is 11.6 Å². The molecular weight excluding hydrogens is 235 g/mol. The van der Waals surface area contributed by atoms with Crippen molar-refractivity contribution in [2.45, 2.75) is 26.1 Å². The maximum atomic E-state index is 13.7. The zero-order valence-electron chi connectivity index (χ0n) is 10.5. The minimum atomic E-state index is -0.577. The minimum Gasteiger partial charge on any atom is -0.399 e. The van der Waals surface area contributed by atoms with E-state index in [1.54, 1.807) is 4.90 Å². The highest BCUT2D eigenvalue weighted by atomic mass is 19.1. The number of benzene rings is 1. The van der Waals surface area contributed by atoms with Gasteiger partial charge in [-0.25, -0.2) is 4.39 Å². The largest absolute Gasteiger partial charge is 0.399 e. The van der Waals surface area contributed by atoms with Crippen LogP contribution in [0.2, 0.25) is 0 Å². The Morgan fingerprint density at radius 3 is 2.56 bits per heavy atom. The van der Waals surface area contributed by atoms with Crippen LogP contribution < -0.4 is 5.73 Å². The highest BCUT2D eigenvalue weighted by molar-refractivity contribution is 5.95. The van der Waals surface area contributed by atoms with Crippen LogP contribution in [0.5, 0.6) is 0 Å². The third-order valence-corrected chi connectivity index (χ3v) is 2.93. The van der Waals surface area contributed by atoms with Gasteiger partial charge in [0, 0.05) is 18.8 Å². The van der Waals surface area contributed by atoms with Gasteiger partial charge in [0.25, 0.3) is 5.91 Å². The lowest BCUT2D eigenvalue weighted by Gasteiger charge is -2.35. The molecule has 0 radical (unpaired) electrons. The number of nitrogens with two attached hydrogens (primary N) is 1. The topological polar surface area (TPSA) is 55.6 Å². The van der Waals surface area contributed by atoms with E-state index < -0.39 is 5.82 Å². The molecule has 2 rings (SSSR count). The first-order valence-electron chi connectivity index (χ1n) is 5.97. The lowest BCUT2D eigenvalue weighted by Crippen LogP contribution is -2.48. The van der Waals surface area contributed by atoms with Gasteiger partial charge in [-0.1, -0.05) is 0 Å². The number of amides is 1. The molecule has 98 valence electrons. The van der Waals surface area contributed by atoms with Crippen molar-refractivity contribution in [2.24, 2.45) is 0 Å². The van der Waals surface area contributed by atoms with Crippen molar-refractivity contribution < 1.29 is 13.9 Å². The molecule has 5 heteroatoms. The number of hydrogen-bond donors (Lipinski definition) is 1. The molecule has 18 heavy (non-hydrogen) atoms. The second-order valence-corrected chi connectivity index (χ2v) is 4.71. The zero-order valence-corrected chi connectivity index (χ0v) is 10.5. The SMILES string of the molecule is CC1CN(C(=O)c2ccc(N)cc2F)CC(C)O1. The van der Waals surface area contributed by atoms with Crippen LogP contribution >= 0.6 is 0 Å². The molecule has 2 atom stereocenters. The van der Waals surface area contributed by atoms with E-state index in [4.69, 9.17) is 10.5 Å². The van der Waals surface area contributed by atoms with Gasteiger partial charge < -0.3 is 15.4 Å². The fraction of sp³-hybridized carbons (Fsp3) is 0.462. The van der Waals surface area contributed by atoms with Gasteiger partial charge in [0.2, 0.25) is 0 Å². The van der Waals surface area contributed by atoms with Crippen molar-refractivity contribution in [3.63, 3.8) is 0 Å². The number of carbonyl (C=O) groups is 1. The van der Waals surface area contributed by atoms with Crippen LogP contribution in [0.4, 0.5) is 10.1 Å². The summed E-state index contributed by atoms with van der Waals surface area (Å²) < 4.78 is 19.2. The summed E-state index contributed by atoms with van der Waals surface area (Å²) in [5.41, 5.74) is 5.84. The second-order valence-electron chi connectivity index (χ2n) is 4.71. The molecule has 0 spiro atoms. The van der Waals surface area contributed by atoms with E-state index in [0.717, 1.165) is 0 Å². The van der Waals surface area contributed by atoms with Gasteiger partial charge in [-0.2, -0.15) is 0 Å². The van der Waals surface area contributed by atoms with Gasteiger partial charge in [-0.3, -0.25) is 4.79 Å². The van der Waals surface area contributed by atoms with Crippen LogP contribution in [0.15, 0.2) is 18.2 Å². The highest BCUT2D eigenvalue weighted by Gasteiger charge is 2.27. The van der Waals surface area contributed by atoms with E-state index in [0.29, 0.717) is 18.8 Å². The molecule has 1 saturated heterocycles. The molecule has 0 saturated carbocycles. The molecule has 1 aromatic carbocycles. The van der Waals surface area contributed by atoms with Crippen molar-refractivity contribution in [3.05, 3.63) is 29.6 Å².